The van der Waals surface area contributed by atoms with Crippen molar-refractivity contribution >= 4 is 5.78 Å². The summed E-state index contributed by atoms with van der Waals surface area (Å²) in [7, 11) is 1.85. The lowest BCUT2D eigenvalue weighted by Crippen LogP contribution is -2.36. The smallest absolute Gasteiger partial charge is 0.135 e. The quantitative estimate of drug-likeness (QED) is 0.720. The summed E-state index contributed by atoms with van der Waals surface area (Å²) in [5, 5.41) is 3.12. The molecule has 0 amide bonds. The van der Waals surface area contributed by atoms with Gasteiger partial charge in [0.2, 0.25) is 0 Å². The molecule has 0 fully saturated rings. The van der Waals surface area contributed by atoms with Crippen molar-refractivity contribution in [2.24, 2.45) is 11.7 Å². The molecule has 0 aromatic heterocycles. The number of nitrogens with two attached hydrogens (primary N) is 1. The van der Waals surface area contributed by atoms with Gasteiger partial charge in [-0.25, -0.2) is 0 Å². The van der Waals surface area contributed by atoms with Crippen LogP contribution in [0.25, 0.3) is 0 Å². The molecule has 0 spiro atoms. The van der Waals surface area contributed by atoms with Crippen molar-refractivity contribution in [3.05, 3.63) is 48.0 Å². The largest absolute Gasteiger partial charge is 0.326 e. The summed E-state index contributed by atoms with van der Waals surface area (Å²) >= 11 is 0. The Morgan fingerprint density at radius 1 is 1.50 bits per heavy atom. The first-order valence-electron chi connectivity index (χ1n) is 6.20. The van der Waals surface area contributed by atoms with Crippen LogP contribution in [0.3, 0.4) is 0 Å². The van der Waals surface area contributed by atoms with E-state index in [1.54, 1.807) is 13.0 Å². The Morgan fingerprint density at radius 2 is 2.17 bits per heavy atom. The Balaban J connectivity index is 2.88. The zero-order valence-corrected chi connectivity index (χ0v) is 11.1. The number of carbonyl (C=O) groups excluding carboxylic acids is 1. The van der Waals surface area contributed by atoms with E-state index in [4.69, 9.17) is 5.73 Å². The van der Waals surface area contributed by atoms with E-state index in [1.807, 2.05) is 25.2 Å². The Kier molecular flexibility index (Phi) is 5.75. The molecule has 0 bridgehead atoms. The molecule has 3 nitrogen and oxygen atoms in total. The van der Waals surface area contributed by atoms with E-state index in [1.165, 1.54) is 0 Å². The van der Waals surface area contributed by atoms with Gasteiger partial charge in [0.15, 0.2) is 0 Å². The maximum atomic E-state index is 11.7. The monoisotopic (exact) mass is 246 g/mol. The first-order chi connectivity index (χ1) is 8.62. The van der Waals surface area contributed by atoms with Crippen LogP contribution in [0.15, 0.2) is 36.9 Å². The van der Waals surface area contributed by atoms with E-state index in [0.29, 0.717) is 13.0 Å². The van der Waals surface area contributed by atoms with E-state index in [0.717, 1.165) is 11.1 Å². The molecule has 2 atom stereocenters. The number of carbonyl (C=O) groups is 1. The van der Waals surface area contributed by atoms with Crippen molar-refractivity contribution in [1.82, 2.24) is 5.32 Å². The van der Waals surface area contributed by atoms with Gasteiger partial charge in [0.05, 0.1) is 0 Å². The highest BCUT2D eigenvalue weighted by atomic mass is 16.1. The van der Waals surface area contributed by atoms with Gasteiger partial charge in [0.25, 0.3) is 0 Å². The summed E-state index contributed by atoms with van der Waals surface area (Å²) in [6, 6.07) is 8.08. The number of hydrogen-bond donors (Lipinski definition) is 2. The Labute approximate surface area is 109 Å². The van der Waals surface area contributed by atoms with Gasteiger partial charge in [0, 0.05) is 18.5 Å². The van der Waals surface area contributed by atoms with Gasteiger partial charge in [-0.05, 0) is 31.5 Å². The molecule has 2 unspecified atom stereocenters. The van der Waals surface area contributed by atoms with Gasteiger partial charge in [0.1, 0.15) is 5.78 Å². The maximum Gasteiger partial charge on any atom is 0.135 e. The molecule has 1 aromatic rings. The molecule has 98 valence electrons. The predicted molar refractivity (Wildman–Crippen MR) is 75.3 cm³/mol. The average Bonchev–Trinajstić information content (AvgIpc) is 2.39. The first-order valence-corrected chi connectivity index (χ1v) is 6.20. The molecule has 0 heterocycles. The van der Waals surface area contributed by atoms with Crippen LogP contribution < -0.4 is 11.1 Å². The molecule has 0 aliphatic heterocycles. The van der Waals surface area contributed by atoms with Crippen molar-refractivity contribution in [2.45, 2.75) is 25.9 Å². The fourth-order valence-corrected chi connectivity index (χ4v) is 2.14. The highest BCUT2D eigenvalue weighted by Gasteiger charge is 2.22. The van der Waals surface area contributed by atoms with Crippen LogP contribution in [0, 0.1) is 5.92 Å². The molecule has 1 rings (SSSR count). The zero-order valence-electron chi connectivity index (χ0n) is 11.1. The minimum Gasteiger partial charge on any atom is -0.326 e. The number of rotatable bonds is 7. The molecule has 0 saturated carbocycles. The molecule has 18 heavy (non-hydrogen) atoms. The Hall–Kier alpha value is -1.45. The minimum absolute atomic E-state index is 0.00373. The van der Waals surface area contributed by atoms with Crippen LogP contribution in [0.2, 0.25) is 0 Å². The second-order valence-electron chi connectivity index (χ2n) is 4.50. The Bertz CT molecular complexity index is 415. The van der Waals surface area contributed by atoms with Gasteiger partial charge in [-0.15, -0.1) is 6.58 Å². The van der Waals surface area contributed by atoms with E-state index in [-0.39, 0.29) is 17.7 Å². The molecule has 0 saturated heterocycles. The molecule has 1 aromatic carbocycles. The van der Waals surface area contributed by atoms with Crippen molar-refractivity contribution in [3.8, 4) is 0 Å². The van der Waals surface area contributed by atoms with Gasteiger partial charge >= 0.3 is 0 Å². The van der Waals surface area contributed by atoms with Crippen LogP contribution in [0.4, 0.5) is 0 Å². The lowest BCUT2D eigenvalue weighted by atomic mass is 9.88. The lowest BCUT2D eigenvalue weighted by Gasteiger charge is -2.22. The molecule has 0 aliphatic rings. The maximum absolute atomic E-state index is 11.7. The predicted octanol–water partition coefficient (Wildman–Crippen LogP) is 1.67. The summed E-state index contributed by atoms with van der Waals surface area (Å²) in [5.74, 6) is 0.0907. The molecular weight excluding hydrogens is 224 g/mol. The van der Waals surface area contributed by atoms with Crippen LogP contribution >= 0.6 is 0 Å². The SMILES string of the molecule is C=CC(NC)C(Cc1cccc(CN)c1)C(C)=O. The van der Waals surface area contributed by atoms with Crippen molar-refractivity contribution in [3.63, 3.8) is 0 Å². The highest BCUT2D eigenvalue weighted by Crippen LogP contribution is 2.16. The third kappa shape index (κ3) is 3.79. The number of ketones is 1. The van der Waals surface area contributed by atoms with Gasteiger partial charge < -0.3 is 11.1 Å². The lowest BCUT2D eigenvalue weighted by molar-refractivity contribution is -0.121. The summed E-state index contributed by atoms with van der Waals surface area (Å²) in [4.78, 5) is 11.7. The standard InChI is InChI=1S/C15H22N2O/c1-4-15(17-3)14(11(2)18)9-12-6-5-7-13(8-12)10-16/h4-8,14-15,17H,1,9-10,16H2,2-3H3. The fraction of sp³-hybridized carbons (Fsp3) is 0.400. The summed E-state index contributed by atoms with van der Waals surface area (Å²) < 4.78 is 0. The van der Waals surface area contributed by atoms with Gasteiger partial charge in [-0.3, -0.25) is 4.79 Å². The number of Topliss-reactive ketones (excluding diaryl/α,β-unsaturated/α-hetero) is 1. The van der Waals surface area contributed by atoms with Crippen LogP contribution in [0.5, 0.6) is 0 Å². The molecule has 0 radical (unpaired) electrons. The molecule has 0 aliphatic carbocycles. The van der Waals surface area contributed by atoms with E-state index in [2.05, 4.69) is 18.0 Å². The minimum atomic E-state index is -0.0828. The van der Waals surface area contributed by atoms with E-state index in [9.17, 15) is 4.79 Å². The van der Waals surface area contributed by atoms with Crippen LogP contribution in [-0.4, -0.2) is 18.9 Å². The third-order valence-corrected chi connectivity index (χ3v) is 3.23. The van der Waals surface area contributed by atoms with E-state index >= 15 is 0 Å². The normalized spacial score (nSPS) is 13.9. The van der Waals surface area contributed by atoms with Crippen LogP contribution in [0.1, 0.15) is 18.1 Å². The third-order valence-electron chi connectivity index (χ3n) is 3.23. The number of likely N-dealkylation sites (N-methyl/N-ethyl adjacent to an activating group) is 1. The topological polar surface area (TPSA) is 55.1 Å². The van der Waals surface area contributed by atoms with Crippen LogP contribution in [-0.2, 0) is 17.8 Å². The summed E-state index contributed by atoms with van der Waals surface area (Å²) in [5.41, 5.74) is 7.86. The second kappa shape index (κ2) is 7.09. The summed E-state index contributed by atoms with van der Waals surface area (Å²) in [6.07, 6.45) is 2.50. The Morgan fingerprint density at radius 3 is 2.67 bits per heavy atom. The van der Waals surface area contributed by atoms with Gasteiger partial charge in [-0.1, -0.05) is 30.3 Å². The van der Waals surface area contributed by atoms with E-state index < -0.39 is 0 Å². The van der Waals surface area contributed by atoms with Crippen molar-refractivity contribution in [2.75, 3.05) is 7.05 Å². The zero-order chi connectivity index (χ0) is 13.5. The van der Waals surface area contributed by atoms with Crippen molar-refractivity contribution in [1.29, 1.82) is 0 Å². The molecule has 3 heteroatoms. The second-order valence-corrected chi connectivity index (χ2v) is 4.50. The average molecular weight is 246 g/mol. The van der Waals surface area contributed by atoms with Gasteiger partial charge in [-0.2, -0.15) is 0 Å². The molecular formula is C15H22N2O. The highest BCUT2D eigenvalue weighted by molar-refractivity contribution is 5.79. The van der Waals surface area contributed by atoms with Crippen molar-refractivity contribution < 1.29 is 4.79 Å². The molecule has 3 N–H and O–H groups in total. The summed E-state index contributed by atoms with van der Waals surface area (Å²) in [6.45, 7) is 5.93. The fourth-order valence-electron chi connectivity index (χ4n) is 2.14. The number of benzene rings is 1. The number of hydrogen-bond acceptors (Lipinski definition) is 3. The first kappa shape index (κ1) is 14.6. The number of nitrogens with one attached hydrogen (secondary N) is 1.